The molecule has 6 amide bonds. The molecule has 28 nitrogen and oxygen atoms in total. The van der Waals surface area contributed by atoms with Crippen molar-refractivity contribution in [1.29, 1.82) is 0 Å². The first-order chi connectivity index (χ1) is 40.0. The quantitative estimate of drug-likeness (QED) is 0.0672. The zero-order valence-corrected chi connectivity index (χ0v) is 47.0. The van der Waals surface area contributed by atoms with Crippen LogP contribution in [0.3, 0.4) is 0 Å². The second-order valence-electron chi connectivity index (χ2n) is 18.8. The van der Waals surface area contributed by atoms with Gasteiger partial charge in [0.25, 0.3) is 0 Å². The molecule has 0 radical (unpaired) electrons. The third kappa shape index (κ3) is 19.2. The van der Waals surface area contributed by atoms with Crippen LogP contribution in [0.25, 0.3) is 0 Å². The van der Waals surface area contributed by atoms with Crippen LogP contribution in [-0.4, -0.2) is 186 Å². The number of nitrogens with zero attached hydrogens (tertiary/aromatic N) is 4. The lowest BCUT2D eigenvalue weighted by Gasteiger charge is -2.17. The van der Waals surface area contributed by atoms with Crippen LogP contribution >= 0.6 is 0 Å². The number of esters is 1. The van der Waals surface area contributed by atoms with E-state index in [4.69, 9.17) is 48.5 Å². The van der Waals surface area contributed by atoms with E-state index >= 15 is 0 Å². The molecule has 452 valence electrons. The van der Waals surface area contributed by atoms with Gasteiger partial charge in [-0.2, -0.15) is 0 Å². The second kappa shape index (κ2) is 31.5. The maximum Gasteiger partial charge on any atom is 0.414 e. The number of benzene rings is 4. The van der Waals surface area contributed by atoms with Crippen LogP contribution in [0.1, 0.15) is 76.1 Å². The van der Waals surface area contributed by atoms with Gasteiger partial charge in [-0.1, -0.05) is 0 Å². The number of carbonyl (C=O) groups is 10. The Morgan fingerprint density at radius 1 is 0.512 bits per heavy atom. The van der Waals surface area contributed by atoms with Gasteiger partial charge in [0.05, 0.1) is 80.3 Å². The van der Waals surface area contributed by atoms with Gasteiger partial charge in [-0.15, -0.1) is 0 Å². The maximum atomic E-state index is 11.7. The van der Waals surface area contributed by atoms with Crippen molar-refractivity contribution in [3.8, 4) is 0 Å². The molecule has 5 N–H and O–H groups in total. The topological polar surface area (TPSA) is 351 Å². The van der Waals surface area contributed by atoms with Crippen LogP contribution in [-0.2, 0) is 42.6 Å². The maximum absolute atomic E-state index is 11.7. The van der Waals surface area contributed by atoms with Gasteiger partial charge in [-0.25, -0.2) is 47.9 Å². The largest absolute Gasteiger partial charge is 0.478 e. The molecule has 4 aromatic rings. The van der Waals surface area contributed by atoms with E-state index in [2.05, 4.69) is 20.1 Å². The molecular formula is C56H66N6O22. The number of alkyl carbamates (subject to hydrolysis) is 2. The summed E-state index contributed by atoms with van der Waals surface area (Å²) in [7, 11) is 3.15. The van der Waals surface area contributed by atoms with Gasteiger partial charge in [0.1, 0.15) is 37.6 Å². The van der Waals surface area contributed by atoms with E-state index in [9.17, 15) is 47.9 Å². The van der Waals surface area contributed by atoms with Crippen LogP contribution in [0.4, 0.5) is 51.5 Å². The van der Waals surface area contributed by atoms with Crippen molar-refractivity contribution in [2.24, 2.45) is 0 Å². The van der Waals surface area contributed by atoms with E-state index < -0.39 is 42.3 Å². The van der Waals surface area contributed by atoms with E-state index in [1.807, 2.05) is 27.7 Å². The number of carbonyl (C=O) groups excluding carboxylic acids is 7. The molecule has 28 heteroatoms. The molecule has 0 aromatic heterocycles. The number of methoxy groups -OCH3 is 2. The summed E-state index contributed by atoms with van der Waals surface area (Å²) < 4.78 is 43.8. The van der Waals surface area contributed by atoms with Gasteiger partial charge in [-0.3, -0.25) is 19.6 Å². The highest BCUT2D eigenvalue weighted by Gasteiger charge is 2.34. The molecule has 6 aliphatic heterocycles. The summed E-state index contributed by atoms with van der Waals surface area (Å²) in [5, 5.41) is 31.3. The van der Waals surface area contributed by atoms with Crippen molar-refractivity contribution < 1.29 is 106 Å². The Kier molecular flexibility index (Phi) is 24.4. The van der Waals surface area contributed by atoms with Crippen molar-refractivity contribution >= 4 is 83.2 Å². The summed E-state index contributed by atoms with van der Waals surface area (Å²) in [4.78, 5) is 116. The first-order valence-corrected chi connectivity index (χ1v) is 26.0. The van der Waals surface area contributed by atoms with Crippen LogP contribution in [0.2, 0.25) is 0 Å². The fourth-order valence-electron chi connectivity index (χ4n) is 8.05. The second-order valence-corrected chi connectivity index (χ2v) is 18.8. The number of carboxylic acid groups (broad SMARTS) is 3. The zero-order valence-electron chi connectivity index (χ0n) is 47.0. The molecule has 84 heavy (non-hydrogen) atoms. The number of rotatable bonds is 13. The number of hydrogen-bond donors (Lipinski definition) is 5. The molecular weight excluding hydrogens is 1110 g/mol. The van der Waals surface area contributed by atoms with E-state index in [-0.39, 0.29) is 71.3 Å². The van der Waals surface area contributed by atoms with Crippen LogP contribution in [0, 0.1) is 0 Å². The Balaban J connectivity index is 0.000000189. The van der Waals surface area contributed by atoms with E-state index in [1.54, 1.807) is 81.8 Å². The Bertz CT molecular complexity index is 2840. The first-order valence-electron chi connectivity index (χ1n) is 26.0. The van der Waals surface area contributed by atoms with Gasteiger partial charge in [-0.05, 0) is 132 Å². The number of cyclic esters (lactones) is 6. The number of amides is 6. The Morgan fingerprint density at radius 2 is 0.940 bits per heavy atom. The highest BCUT2D eigenvalue weighted by Crippen LogP contribution is 2.26. The summed E-state index contributed by atoms with van der Waals surface area (Å²) in [5.41, 5.74) is 3.69. The average Bonchev–Trinajstić information content (AvgIpc) is 4.47. The monoisotopic (exact) mass is 1170 g/mol. The van der Waals surface area contributed by atoms with Gasteiger partial charge in [0.15, 0.2) is 0 Å². The van der Waals surface area contributed by atoms with Gasteiger partial charge >= 0.3 is 60.4 Å². The highest BCUT2D eigenvalue weighted by molar-refractivity contribution is 5.95. The molecule has 2 unspecified atom stereocenters. The van der Waals surface area contributed by atoms with Crippen molar-refractivity contribution in [2.75, 3.05) is 93.0 Å². The highest BCUT2D eigenvalue weighted by atomic mass is 16.6. The van der Waals surface area contributed by atoms with Gasteiger partial charge in [0, 0.05) is 37.0 Å². The Morgan fingerprint density at radius 3 is 1.26 bits per heavy atom. The molecule has 10 rings (SSSR count). The fraction of sp³-hybridized carbons (Fsp3) is 0.393. The number of carboxylic acids is 3. The van der Waals surface area contributed by atoms with Gasteiger partial charge < -0.3 is 68.6 Å². The van der Waals surface area contributed by atoms with E-state index in [1.165, 1.54) is 56.0 Å². The number of anilines is 4. The minimum atomic E-state index is -0.983. The molecule has 0 aliphatic carbocycles. The van der Waals surface area contributed by atoms with Crippen molar-refractivity contribution in [2.45, 2.75) is 71.1 Å². The predicted molar refractivity (Wildman–Crippen MR) is 296 cm³/mol. The van der Waals surface area contributed by atoms with Crippen molar-refractivity contribution in [1.82, 2.24) is 10.6 Å². The SMILES string of the molecule is CC1CN(c2ccc(C(=O)O)cc2)C(=O)O1.CCOC(=O)c1ccc(N2CC(COC)OC2=O)cc1.COC[C@@H]1COC(=O)N1.C[C@@H]1CN(c2ccc(C(=O)O)cc2)C(=O)O1.C[C@@H]1COC(=O)N1c1ccc(C(=O)O)cc1.C[C@H]1CNC(=O)O1. The molecule has 6 heterocycles. The zero-order chi connectivity index (χ0) is 61.6. The lowest BCUT2D eigenvalue weighted by Crippen LogP contribution is -2.30. The standard InChI is InChI=1S/C14H17NO5.3C11H11NO4.C5H9NO3.C4H7NO2/c1-3-19-13(16)10-4-6-11(7-5-10)15-8-12(9-18-2)20-14(15)17;1-7-6-16-11(15)12(7)9-4-2-8(3-5-9)10(13)14;2*1-7-6-12(11(15)16-7)9-4-2-8(3-5-9)10(13)14;1-8-2-4-3-9-5(7)6-4;1-3-2-5-4(6)7-3/h4-7,12H,3,8-9H2,1-2H3;3*2-5,7H,6H2,1H3,(H,13,14);4H,2-3H2,1H3,(H,6,7);3H,2H2,1H3,(H,5,6)/t;2*7-;;4-;3-/m.11.10/s1. The number of ether oxygens (including phenoxy) is 9. The molecule has 4 aromatic carbocycles. The molecule has 6 aliphatic rings. The van der Waals surface area contributed by atoms with Gasteiger partial charge in [0.2, 0.25) is 0 Å². The molecule has 0 saturated carbocycles. The van der Waals surface area contributed by atoms with Crippen molar-refractivity contribution in [3.05, 3.63) is 119 Å². The summed E-state index contributed by atoms with van der Waals surface area (Å²) in [6.45, 7) is 13.2. The average molecular weight is 1180 g/mol. The normalized spacial score (nSPS) is 20.7. The molecule has 6 fully saturated rings. The van der Waals surface area contributed by atoms with Crippen LogP contribution in [0.15, 0.2) is 97.1 Å². The number of hydrogen-bond acceptors (Lipinski definition) is 19. The molecule has 6 atom stereocenters. The summed E-state index contributed by atoms with van der Waals surface area (Å²) in [5.74, 6) is -3.32. The van der Waals surface area contributed by atoms with E-state index in [0.29, 0.717) is 87.5 Å². The number of aromatic carboxylic acids is 3. The molecule has 0 bridgehead atoms. The minimum Gasteiger partial charge on any atom is -0.478 e. The Hall–Kier alpha value is -9.70. The molecule has 0 spiro atoms. The smallest absolute Gasteiger partial charge is 0.414 e. The predicted octanol–water partition coefficient (Wildman–Crippen LogP) is 6.88. The van der Waals surface area contributed by atoms with Crippen molar-refractivity contribution in [3.63, 3.8) is 0 Å². The number of nitrogens with one attached hydrogen (secondary N) is 2. The lowest BCUT2D eigenvalue weighted by atomic mass is 10.2. The van der Waals surface area contributed by atoms with E-state index in [0.717, 1.165) is 0 Å². The first kappa shape index (κ1) is 65.1. The third-order valence-electron chi connectivity index (χ3n) is 12.1. The van der Waals surface area contributed by atoms with Crippen LogP contribution < -0.4 is 30.2 Å². The molecule has 6 saturated heterocycles. The third-order valence-corrected chi connectivity index (χ3v) is 12.1. The fourth-order valence-corrected chi connectivity index (χ4v) is 8.05. The van der Waals surface area contributed by atoms with Crippen LogP contribution in [0.5, 0.6) is 0 Å². The summed E-state index contributed by atoms with van der Waals surface area (Å²) >= 11 is 0. The summed E-state index contributed by atoms with van der Waals surface area (Å²) in [6.07, 6.45) is -2.70. The summed E-state index contributed by atoms with van der Waals surface area (Å²) in [6, 6.07) is 25.1. The minimum absolute atomic E-state index is 0.0248. The Labute approximate surface area is 481 Å². The lowest BCUT2D eigenvalue weighted by molar-refractivity contribution is 0.0524.